The minimum Gasteiger partial charge on any atom is -0.357 e. The highest BCUT2D eigenvalue weighted by molar-refractivity contribution is 6.36. The highest BCUT2D eigenvalue weighted by atomic mass is 15.1. The van der Waals surface area contributed by atoms with E-state index in [1.807, 2.05) is 24.4 Å². The molecule has 6 aromatic carbocycles. The van der Waals surface area contributed by atoms with Crippen LogP contribution in [-0.4, -0.2) is 20.0 Å². The monoisotopic (exact) mass is 615 g/mol. The van der Waals surface area contributed by atoms with Gasteiger partial charge in [0, 0.05) is 39.5 Å². The molecule has 5 heteroatoms. The van der Waals surface area contributed by atoms with Crippen molar-refractivity contribution in [2.45, 2.75) is 6.04 Å². The van der Waals surface area contributed by atoms with Crippen molar-refractivity contribution in [3.63, 3.8) is 0 Å². The summed E-state index contributed by atoms with van der Waals surface area (Å²) in [7, 11) is 0. The predicted molar refractivity (Wildman–Crippen MR) is 199 cm³/mol. The molecule has 0 radical (unpaired) electrons. The number of benzene rings is 6. The smallest absolute Gasteiger partial charge is 0.137 e. The molecule has 9 aromatic rings. The Kier molecular flexibility index (Phi) is 5.87. The molecule has 4 heterocycles. The molecule has 10 rings (SSSR count). The number of aromatic nitrogens is 3. The summed E-state index contributed by atoms with van der Waals surface area (Å²) in [4.78, 5) is 9.87. The van der Waals surface area contributed by atoms with Crippen molar-refractivity contribution < 1.29 is 0 Å². The molecule has 0 saturated carbocycles. The van der Waals surface area contributed by atoms with Crippen molar-refractivity contribution in [3.8, 4) is 5.82 Å². The van der Waals surface area contributed by atoms with Crippen LogP contribution in [0, 0.1) is 0 Å². The number of pyridine rings is 1. The van der Waals surface area contributed by atoms with Gasteiger partial charge in [-0.2, -0.15) is 0 Å². The van der Waals surface area contributed by atoms with Crippen molar-refractivity contribution in [1.29, 1.82) is 0 Å². The van der Waals surface area contributed by atoms with E-state index in [2.05, 4.69) is 154 Å². The normalized spacial score (nSPS) is 14.9. The van der Waals surface area contributed by atoms with Gasteiger partial charge >= 0.3 is 0 Å². The summed E-state index contributed by atoms with van der Waals surface area (Å²) in [6, 6.07) is 51.3. The molecule has 0 spiro atoms. The molecular weight excluding hydrogens is 587 g/mol. The molecule has 1 unspecified atom stereocenters. The minimum atomic E-state index is -0.152. The van der Waals surface area contributed by atoms with Crippen LogP contribution in [0.4, 0.5) is 0 Å². The molecule has 1 aliphatic rings. The first-order chi connectivity index (χ1) is 23.8. The summed E-state index contributed by atoms with van der Waals surface area (Å²) in [6.07, 6.45) is 6.07. The molecule has 1 aliphatic heterocycles. The molecule has 0 bridgehead atoms. The summed E-state index contributed by atoms with van der Waals surface area (Å²) in [6.45, 7) is 0. The Hall–Kier alpha value is -6.46. The van der Waals surface area contributed by atoms with Gasteiger partial charge < -0.3 is 14.5 Å². The van der Waals surface area contributed by atoms with E-state index in [0.29, 0.717) is 0 Å². The van der Waals surface area contributed by atoms with Gasteiger partial charge in [-0.3, -0.25) is 0 Å². The summed E-state index contributed by atoms with van der Waals surface area (Å²) in [5.41, 5.74) is 6.74. The number of nitrogens with one attached hydrogen (secondary N) is 1. The largest absolute Gasteiger partial charge is 0.357 e. The fourth-order valence-electron chi connectivity index (χ4n) is 7.63. The zero-order valence-corrected chi connectivity index (χ0v) is 26.0. The highest BCUT2D eigenvalue weighted by Gasteiger charge is 2.29. The van der Waals surface area contributed by atoms with E-state index in [4.69, 9.17) is 9.98 Å². The Labute approximate surface area is 276 Å². The standard InChI is InChI=1S/C43H29N5/c1-3-13-28(14-4-1)40-36(27-45-43(46-40)30-15-5-2-6-16-30)48-35-23-22-29-24-26-47(37-21-11-12-25-44-37)41(29)39(35)38-33-19-9-7-17-31(33)32-18-8-10-20-34(32)42(38)48/h1-27,40H,(H,45,46). The number of hydrogen-bond donors (Lipinski definition) is 1. The second-order valence-corrected chi connectivity index (χ2v) is 12.3. The second kappa shape index (κ2) is 10.5. The first-order valence-corrected chi connectivity index (χ1v) is 16.3. The van der Waals surface area contributed by atoms with Crippen molar-refractivity contribution in [1.82, 2.24) is 19.4 Å². The zero-order chi connectivity index (χ0) is 31.6. The maximum absolute atomic E-state index is 5.09. The molecule has 1 atom stereocenters. The predicted octanol–water partition coefficient (Wildman–Crippen LogP) is 10.0. The molecule has 226 valence electrons. The molecule has 3 aromatic heterocycles. The van der Waals surface area contributed by atoms with Gasteiger partial charge in [0.15, 0.2) is 0 Å². The Morgan fingerprint density at radius 3 is 2.02 bits per heavy atom. The maximum Gasteiger partial charge on any atom is 0.137 e. The fraction of sp³-hybridized carbons (Fsp3) is 0.0233. The third kappa shape index (κ3) is 3.91. The third-order valence-corrected chi connectivity index (χ3v) is 9.69. The number of nitrogens with zero attached hydrogens (tertiary/aromatic N) is 4. The van der Waals surface area contributed by atoms with Gasteiger partial charge in [-0.15, -0.1) is 0 Å². The van der Waals surface area contributed by atoms with Crippen LogP contribution in [0.5, 0.6) is 0 Å². The van der Waals surface area contributed by atoms with E-state index in [1.165, 1.54) is 48.8 Å². The van der Waals surface area contributed by atoms with Crippen LogP contribution in [-0.2, 0) is 0 Å². The van der Waals surface area contributed by atoms with E-state index >= 15 is 0 Å². The average molecular weight is 616 g/mol. The lowest BCUT2D eigenvalue weighted by Gasteiger charge is -2.29. The topological polar surface area (TPSA) is 47.1 Å². The lowest BCUT2D eigenvalue weighted by molar-refractivity contribution is 0.762. The Morgan fingerprint density at radius 1 is 0.562 bits per heavy atom. The number of fused-ring (bicyclic) bond motifs is 10. The second-order valence-electron chi connectivity index (χ2n) is 12.3. The van der Waals surface area contributed by atoms with E-state index in [1.54, 1.807) is 0 Å². The quantitative estimate of drug-likeness (QED) is 0.200. The number of rotatable bonds is 4. The van der Waals surface area contributed by atoms with Gasteiger partial charge in [-0.25, -0.2) is 9.98 Å². The van der Waals surface area contributed by atoms with E-state index < -0.39 is 0 Å². The SMILES string of the molecule is C1=C(n2c3ccc4ccn(-c5ccccn5)c4c3c3c4ccccc4c4ccccc4c32)C(c2ccccc2)NC(c2ccccc2)=N1. The Bertz CT molecular complexity index is 2740. The lowest BCUT2D eigenvalue weighted by Crippen LogP contribution is -2.33. The Balaban J connectivity index is 1.41. The number of aliphatic imine (C=N–C) groups is 1. The Morgan fingerprint density at radius 2 is 1.25 bits per heavy atom. The van der Waals surface area contributed by atoms with Crippen molar-refractivity contribution >= 4 is 65.8 Å². The molecule has 0 aliphatic carbocycles. The van der Waals surface area contributed by atoms with Crippen molar-refractivity contribution in [3.05, 3.63) is 175 Å². The molecule has 5 nitrogen and oxygen atoms in total. The van der Waals surface area contributed by atoms with Gasteiger partial charge in [0.1, 0.15) is 11.7 Å². The van der Waals surface area contributed by atoms with Crippen LogP contribution < -0.4 is 5.32 Å². The molecule has 48 heavy (non-hydrogen) atoms. The van der Waals surface area contributed by atoms with Gasteiger partial charge in [0.2, 0.25) is 0 Å². The third-order valence-electron chi connectivity index (χ3n) is 9.69. The number of amidine groups is 1. The lowest BCUT2D eigenvalue weighted by atomic mass is 9.96. The van der Waals surface area contributed by atoms with Gasteiger partial charge in [0.25, 0.3) is 0 Å². The van der Waals surface area contributed by atoms with Crippen LogP contribution in [0.15, 0.2) is 169 Å². The number of hydrogen-bond acceptors (Lipinski definition) is 3. The fourth-order valence-corrected chi connectivity index (χ4v) is 7.63. The average Bonchev–Trinajstić information content (AvgIpc) is 3.76. The van der Waals surface area contributed by atoms with Crippen LogP contribution >= 0.6 is 0 Å². The minimum absolute atomic E-state index is 0.152. The van der Waals surface area contributed by atoms with Gasteiger partial charge in [0.05, 0.1) is 34.5 Å². The van der Waals surface area contributed by atoms with E-state index in [0.717, 1.165) is 33.9 Å². The van der Waals surface area contributed by atoms with Gasteiger partial charge in [-0.05, 0) is 46.0 Å². The molecule has 1 N–H and O–H groups in total. The first kappa shape index (κ1) is 26.7. The van der Waals surface area contributed by atoms with E-state index in [-0.39, 0.29) is 6.04 Å². The summed E-state index contributed by atoms with van der Waals surface area (Å²) >= 11 is 0. The zero-order valence-electron chi connectivity index (χ0n) is 26.0. The molecular formula is C43H29N5. The summed E-state index contributed by atoms with van der Waals surface area (Å²) < 4.78 is 4.70. The maximum atomic E-state index is 5.09. The molecule has 0 saturated heterocycles. The van der Waals surface area contributed by atoms with Crippen LogP contribution in [0.3, 0.4) is 0 Å². The molecule has 0 amide bonds. The molecule has 0 fully saturated rings. The van der Waals surface area contributed by atoms with Crippen LogP contribution in [0.2, 0.25) is 0 Å². The van der Waals surface area contributed by atoms with Crippen LogP contribution in [0.1, 0.15) is 17.2 Å². The summed E-state index contributed by atoms with van der Waals surface area (Å²) in [5.74, 6) is 1.75. The van der Waals surface area contributed by atoms with Crippen LogP contribution in [0.25, 0.3) is 65.8 Å². The first-order valence-electron chi connectivity index (χ1n) is 16.3. The van der Waals surface area contributed by atoms with E-state index in [9.17, 15) is 0 Å². The van der Waals surface area contributed by atoms with Crippen molar-refractivity contribution in [2.24, 2.45) is 4.99 Å². The highest BCUT2D eigenvalue weighted by Crippen LogP contribution is 2.46. The van der Waals surface area contributed by atoms with Gasteiger partial charge in [-0.1, -0.05) is 121 Å². The summed E-state index contributed by atoms with van der Waals surface area (Å²) in [5, 5.41) is 12.4. The van der Waals surface area contributed by atoms with Crippen molar-refractivity contribution in [2.75, 3.05) is 0 Å².